The Kier molecular flexibility index (Phi) is 7.31. The number of nitrogens with one attached hydrogen (secondary N) is 1. The molecular weight excluding hydrogens is 360 g/mol. The molecule has 0 amide bonds. The molecule has 2 rings (SSSR count). The lowest BCUT2D eigenvalue weighted by Gasteiger charge is -2.39. The van der Waals surface area contributed by atoms with E-state index in [4.69, 9.17) is 9.47 Å². The third-order valence-electron chi connectivity index (χ3n) is 3.91. The van der Waals surface area contributed by atoms with E-state index < -0.39 is 34.3 Å². The van der Waals surface area contributed by atoms with Crippen molar-refractivity contribution >= 4 is 27.2 Å². The van der Waals surface area contributed by atoms with E-state index in [0.29, 0.717) is 0 Å². The fourth-order valence-electron chi connectivity index (χ4n) is 2.81. The molecule has 0 aliphatic carbocycles. The Hall–Kier alpha value is -2.23. The van der Waals surface area contributed by atoms with E-state index in [1.807, 2.05) is 30.3 Å². The maximum atomic E-state index is 12.5. The van der Waals surface area contributed by atoms with Crippen LogP contribution in [0.5, 0.6) is 0 Å². The Morgan fingerprint density at radius 3 is 2.31 bits per heavy atom. The standard InChI is InChI=1S/C17H22N2O6S/c1-3-24-16(20)13-10-18-15(26(22)23)14(17(21)25-4-2)19(13)11-12-8-6-5-7-9-12/h5-9,13-14,18H,3-4,10-11H2,1-2H3. The molecule has 2 atom stereocenters. The number of ether oxygens (including phenoxy) is 2. The van der Waals surface area contributed by atoms with Crippen LogP contribution < -0.4 is 5.32 Å². The highest BCUT2D eigenvalue weighted by atomic mass is 32.2. The minimum Gasteiger partial charge on any atom is -0.465 e. The fourth-order valence-corrected chi connectivity index (χ4v) is 3.42. The van der Waals surface area contributed by atoms with Crippen LogP contribution in [-0.2, 0) is 35.9 Å². The van der Waals surface area contributed by atoms with Crippen molar-refractivity contribution in [2.75, 3.05) is 19.8 Å². The Morgan fingerprint density at radius 1 is 1.12 bits per heavy atom. The van der Waals surface area contributed by atoms with Crippen LogP contribution in [0.1, 0.15) is 19.4 Å². The molecule has 0 aromatic heterocycles. The minimum absolute atomic E-state index is 0.0187. The molecule has 1 fully saturated rings. The molecule has 0 spiro atoms. The summed E-state index contributed by atoms with van der Waals surface area (Å²) in [5.41, 5.74) is 0.828. The summed E-state index contributed by atoms with van der Waals surface area (Å²) >= 11 is 0. The topological polar surface area (TPSA) is 102 Å². The maximum absolute atomic E-state index is 12.5. The summed E-state index contributed by atoms with van der Waals surface area (Å²) in [6, 6.07) is 7.10. The number of benzene rings is 1. The number of hydrogen-bond donors (Lipinski definition) is 1. The Balaban J connectivity index is 2.46. The highest BCUT2D eigenvalue weighted by molar-refractivity contribution is 7.73. The summed E-state index contributed by atoms with van der Waals surface area (Å²) in [5, 5.41) is 2.67. The molecule has 1 heterocycles. The van der Waals surface area contributed by atoms with E-state index in [2.05, 4.69) is 5.32 Å². The van der Waals surface area contributed by atoms with Crippen molar-refractivity contribution in [3.8, 4) is 0 Å². The van der Waals surface area contributed by atoms with Crippen molar-refractivity contribution in [1.82, 2.24) is 10.2 Å². The molecule has 1 aromatic carbocycles. The van der Waals surface area contributed by atoms with Crippen LogP contribution in [0.15, 0.2) is 30.3 Å². The summed E-state index contributed by atoms with van der Waals surface area (Å²) in [6.45, 7) is 3.80. The number of hydrogen-bond acceptors (Lipinski definition) is 7. The van der Waals surface area contributed by atoms with Crippen molar-refractivity contribution in [1.29, 1.82) is 0 Å². The molecule has 0 bridgehead atoms. The molecule has 2 unspecified atom stereocenters. The van der Waals surface area contributed by atoms with E-state index in [9.17, 15) is 18.0 Å². The van der Waals surface area contributed by atoms with Gasteiger partial charge in [0.2, 0.25) is 10.3 Å². The van der Waals surface area contributed by atoms with E-state index in [1.54, 1.807) is 13.8 Å². The number of carbonyl (C=O) groups is 2. The van der Waals surface area contributed by atoms with E-state index in [1.165, 1.54) is 4.90 Å². The van der Waals surface area contributed by atoms with Crippen molar-refractivity contribution in [2.24, 2.45) is 0 Å². The quantitative estimate of drug-likeness (QED) is 0.540. The molecule has 1 aliphatic rings. The Bertz CT molecular complexity index is 770. The number of esters is 2. The van der Waals surface area contributed by atoms with Gasteiger partial charge in [0, 0.05) is 13.1 Å². The van der Waals surface area contributed by atoms with Crippen molar-refractivity contribution < 1.29 is 27.5 Å². The molecule has 142 valence electrons. The van der Waals surface area contributed by atoms with Gasteiger partial charge in [-0.25, -0.2) is 4.79 Å². The first-order chi connectivity index (χ1) is 12.5. The lowest BCUT2D eigenvalue weighted by molar-refractivity contribution is -0.155. The predicted molar refractivity (Wildman–Crippen MR) is 94.8 cm³/mol. The summed E-state index contributed by atoms with van der Waals surface area (Å²) < 4.78 is 33.4. The zero-order valence-corrected chi connectivity index (χ0v) is 15.5. The molecule has 9 heteroatoms. The van der Waals surface area contributed by atoms with Gasteiger partial charge in [-0.1, -0.05) is 30.3 Å². The van der Waals surface area contributed by atoms with Gasteiger partial charge in [0.1, 0.15) is 11.0 Å². The number of rotatable bonds is 6. The average Bonchev–Trinajstić information content (AvgIpc) is 2.62. The Morgan fingerprint density at radius 2 is 1.73 bits per heavy atom. The molecule has 8 nitrogen and oxygen atoms in total. The highest BCUT2D eigenvalue weighted by Gasteiger charge is 2.44. The molecule has 0 saturated carbocycles. The van der Waals surface area contributed by atoms with Crippen molar-refractivity contribution in [2.45, 2.75) is 32.5 Å². The first-order valence-corrected chi connectivity index (χ1v) is 9.40. The average molecular weight is 382 g/mol. The number of nitrogens with zero attached hydrogens (tertiary/aromatic N) is 1. The van der Waals surface area contributed by atoms with Gasteiger partial charge in [-0.3, -0.25) is 15.0 Å². The zero-order chi connectivity index (χ0) is 19.1. The molecule has 1 aliphatic heterocycles. The SMILES string of the molecule is CCOC(=O)C1CNC(=S(=O)=O)C(C(=O)OCC)N1Cc1ccccc1. The van der Waals surface area contributed by atoms with E-state index in [-0.39, 0.29) is 31.3 Å². The summed E-state index contributed by atoms with van der Waals surface area (Å²) in [4.78, 5) is 26.2. The van der Waals surface area contributed by atoms with Gasteiger partial charge >= 0.3 is 11.9 Å². The molecular formula is C17H22N2O6S. The first kappa shape index (κ1) is 20.1. The minimum atomic E-state index is -2.66. The third-order valence-corrected chi connectivity index (χ3v) is 4.63. The predicted octanol–water partition coefficient (Wildman–Crippen LogP) is -0.0358. The maximum Gasteiger partial charge on any atom is 0.330 e. The van der Waals surface area contributed by atoms with Crippen LogP contribution in [-0.4, -0.2) is 62.1 Å². The van der Waals surface area contributed by atoms with Gasteiger partial charge in [-0.2, -0.15) is 8.42 Å². The molecule has 1 aromatic rings. The van der Waals surface area contributed by atoms with Crippen LogP contribution in [0.2, 0.25) is 0 Å². The van der Waals surface area contributed by atoms with Crippen molar-refractivity contribution in [3.63, 3.8) is 0 Å². The molecule has 1 saturated heterocycles. The van der Waals surface area contributed by atoms with Crippen LogP contribution in [0, 0.1) is 0 Å². The molecule has 0 radical (unpaired) electrons. The third kappa shape index (κ3) is 4.69. The molecule has 26 heavy (non-hydrogen) atoms. The summed E-state index contributed by atoms with van der Waals surface area (Å²) in [6.07, 6.45) is 0. The second-order valence-electron chi connectivity index (χ2n) is 5.56. The molecule has 1 N–H and O–H groups in total. The van der Waals surface area contributed by atoms with E-state index in [0.717, 1.165) is 5.56 Å². The van der Waals surface area contributed by atoms with Crippen LogP contribution in [0.4, 0.5) is 0 Å². The van der Waals surface area contributed by atoms with Crippen molar-refractivity contribution in [3.05, 3.63) is 35.9 Å². The van der Waals surface area contributed by atoms with Gasteiger partial charge in [-0.05, 0) is 19.4 Å². The smallest absolute Gasteiger partial charge is 0.330 e. The number of piperazine rings is 1. The monoisotopic (exact) mass is 382 g/mol. The first-order valence-electron chi connectivity index (χ1n) is 8.32. The van der Waals surface area contributed by atoms with Gasteiger partial charge in [-0.15, -0.1) is 0 Å². The van der Waals surface area contributed by atoms with Crippen LogP contribution >= 0.6 is 0 Å². The summed E-state index contributed by atoms with van der Waals surface area (Å²) in [5.74, 6) is -1.26. The largest absolute Gasteiger partial charge is 0.465 e. The van der Waals surface area contributed by atoms with Crippen LogP contribution in [0.25, 0.3) is 0 Å². The second kappa shape index (κ2) is 9.46. The second-order valence-corrected chi connectivity index (χ2v) is 6.47. The van der Waals surface area contributed by atoms with Gasteiger partial charge in [0.15, 0.2) is 6.04 Å². The van der Waals surface area contributed by atoms with Crippen LogP contribution in [0.3, 0.4) is 0 Å². The normalized spacial score (nSPS) is 20.5. The van der Waals surface area contributed by atoms with Gasteiger partial charge in [0.05, 0.1) is 13.2 Å². The highest BCUT2D eigenvalue weighted by Crippen LogP contribution is 2.19. The van der Waals surface area contributed by atoms with Gasteiger partial charge < -0.3 is 9.47 Å². The Labute approximate surface area is 153 Å². The zero-order valence-electron chi connectivity index (χ0n) is 14.7. The fraction of sp³-hybridized carbons (Fsp3) is 0.471. The lowest BCUT2D eigenvalue weighted by atomic mass is 10.1. The van der Waals surface area contributed by atoms with E-state index >= 15 is 0 Å². The summed E-state index contributed by atoms with van der Waals surface area (Å²) in [7, 11) is -2.66. The lowest BCUT2D eigenvalue weighted by Crippen LogP contribution is -2.65. The number of carbonyl (C=O) groups excluding carboxylic acids is 2. The van der Waals surface area contributed by atoms with Gasteiger partial charge in [0.25, 0.3) is 0 Å².